The second-order valence-electron chi connectivity index (χ2n) is 6.65. The number of fused-ring (bicyclic) bond motifs is 2. The number of rotatable bonds is 6. The molecule has 28 heavy (non-hydrogen) atoms. The van der Waals surface area contributed by atoms with E-state index in [2.05, 4.69) is 66.7 Å². The van der Waals surface area contributed by atoms with Gasteiger partial charge in [0.1, 0.15) is 11.5 Å². The summed E-state index contributed by atoms with van der Waals surface area (Å²) in [5, 5.41) is 4.62. The fourth-order valence-corrected chi connectivity index (χ4v) is 3.93. The Hall–Kier alpha value is -2.71. The normalized spacial score (nSPS) is 11.1. The zero-order chi connectivity index (χ0) is 19.5. The van der Waals surface area contributed by atoms with E-state index in [0.717, 1.165) is 44.3 Å². The van der Waals surface area contributed by atoms with Gasteiger partial charge in [-0.1, -0.05) is 48.5 Å². The molecule has 0 radical (unpaired) electrons. The first-order valence-electron chi connectivity index (χ1n) is 9.66. The molecule has 4 aromatic carbocycles. The van der Waals surface area contributed by atoms with Crippen LogP contribution < -0.4 is 9.47 Å². The van der Waals surface area contributed by atoms with Crippen molar-refractivity contribution in [1.82, 2.24) is 0 Å². The van der Waals surface area contributed by atoms with E-state index in [1.54, 1.807) is 0 Å². The first-order valence-corrected chi connectivity index (χ1v) is 10.2. The summed E-state index contributed by atoms with van der Waals surface area (Å²) in [6.07, 6.45) is 0. The summed E-state index contributed by atoms with van der Waals surface area (Å²) in [6.45, 7) is 5.23. The largest absolute Gasteiger partial charge is 0.493 e. The highest BCUT2D eigenvalue weighted by Gasteiger charge is 2.18. The van der Waals surface area contributed by atoms with Crippen molar-refractivity contribution >= 4 is 33.1 Å². The molecule has 0 unspecified atom stereocenters. The van der Waals surface area contributed by atoms with Crippen molar-refractivity contribution < 1.29 is 9.47 Å². The van der Waals surface area contributed by atoms with Crippen LogP contribution >= 0.6 is 11.6 Å². The molecule has 2 nitrogen and oxygen atoms in total. The zero-order valence-electron chi connectivity index (χ0n) is 16.2. The van der Waals surface area contributed by atoms with Crippen LogP contribution in [0.25, 0.3) is 32.7 Å². The minimum absolute atomic E-state index is 0.497. The third-order valence-corrected chi connectivity index (χ3v) is 5.25. The molecule has 0 amide bonds. The van der Waals surface area contributed by atoms with E-state index in [0.29, 0.717) is 19.1 Å². The first-order chi connectivity index (χ1) is 13.8. The Kier molecular flexibility index (Phi) is 5.40. The average molecular weight is 391 g/mol. The van der Waals surface area contributed by atoms with Crippen molar-refractivity contribution in [1.29, 1.82) is 0 Å². The van der Waals surface area contributed by atoms with Gasteiger partial charge >= 0.3 is 0 Å². The maximum Gasteiger partial charge on any atom is 0.127 e. The molecule has 0 atom stereocenters. The van der Waals surface area contributed by atoms with Crippen LogP contribution in [0, 0.1) is 0 Å². The zero-order valence-corrected chi connectivity index (χ0v) is 16.9. The summed E-state index contributed by atoms with van der Waals surface area (Å²) in [7, 11) is 0. The molecule has 142 valence electrons. The summed E-state index contributed by atoms with van der Waals surface area (Å²) in [6, 6.07) is 23.1. The molecule has 4 aromatic rings. The van der Waals surface area contributed by atoms with Gasteiger partial charge in [0.2, 0.25) is 0 Å². The summed E-state index contributed by atoms with van der Waals surface area (Å²) < 4.78 is 12.1. The monoisotopic (exact) mass is 390 g/mol. The lowest BCUT2D eigenvalue weighted by Gasteiger charge is -2.19. The fraction of sp³-hybridized carbons (Fsp3) is 0.200. The van der Waals surface area contributed by atoms with Gasteiger partial charge in [-0.15, -0.1) is 11.6 Å². The van der Waals surface area contributed by atoms with Crippen LogP contribution in [0.3, 0.4) is 0 Å². The second-order valence-corrected chi connectivity index (χ2v) is 6.92. The number of benzene rings is 4. The highest BCUT2D eigenvalue weighted by atomic mass is 35.5. The highest BCUT2D eigenvalue weighted by molar-refractivity contribution is 6.17. The number of ether oxygens (including phenoxy) is 2. The number of hydrogen-bond donors (Lipinski definition) is 0. The van der Waals surface area contributed by atoms with Crippen molar-refractivity contribution in [2.75, 3.05) is 13.2 Å². The molecule has 0 bridgehead atoms. The predicted molar refractivity (Wildman–Crippen MR) is 119 cm³/mol. The van der Waals surface area contributed by atoms with Crippen LogP contribution in [0.1, 0.15) is 19.4 Å². The summed E-state index contributed by atoms with van der Waals surface area (Å²) in [4.78, 5) is 0. The summed E-state index contributed by atoms with van der Waals surface area (Å²) >= 11 is 6.06. The molecule has 4 rings (SSSR count). The molecule has 0 fully saturated rings. The Balaban J connectivity index is 2.12. The lowest BCUT2D eigenvalue weighted by molar-refractivity contribution is 0.337. The van der Waals surface area contributed by atoms with E-state index in [-0.39, 0.29) is 0 Å². The van der Waals surface area contributed by atoms with Crippen molar-refractivity contribution in [3.8, 4) is 22.6 Å². The predicted octanol–water partition coefficient (Wildman–Crippen LogP) is 7.20. The van der Waals surface area contributed by atoms with Gasteiger partial charge in [-0.3, -0.25) is 0 Å². The number of alkyl halides is 1. The summed E-state index contributed by atoms with van der Waals surface area (Å²) in [5.74, 6) is 2.23. The topological polar surface area (TPSA) is 18.5 Å². The van der Waals surface area contributed by atoms with E-state index in [9.17, 15) is 0 Å². The molecule has 0 spiro atoms. The minimum atomic E-state index is 0.497. The molecular weight excluding hydrogens is 368 g/mol. The maximum atomic E-state index is 6.06. The number of hydrogen-bond acceptors (Lipinski definition) is 2. The lowest BCUT2D eigenvalue weighted by atomic mass is 9.91. The van der Waals surface area contributed by atoms with Crippen molar-refractivity contribution in [3.63, 3.8) is 0 Å². The molecule has 0 saturated carbocycles. The first kappa shape index (κ1) is 18.6. The molecule has 0 aliphatic carbocycles. The molecule has 0 aliphatic heterocycles. The van der Waals surface area contributed by atoms with Crippen molar-refractivity contribution in [2.24, 2.45) is 0 Å². The third kappa shape index (κ3) is 3.29. The quantitative estimate of drug-likeness (QED) is 0.324. The average Bonchev–Trinajstić information content (AvgIpc) is 2.74. The molecular formula is C25H23ClO2. The Morgan fingerprint density at radius 1 is 0.679 bits per heavy atom. The maximum absolute atomic E-state index is 6.06. The van der Waals surface area contributed by atoms with Gasteiger partial charge in [-0.2, -0.15) is 0 Å². The SMILES string of the molecule is CCOc1ccc2ccccc2c1-c1c(OCC)ccc2cc(CCl)ccc12. The van der Waals surface area contributed by atoms with Gasteiger partial charge in [0, 0.05) is 17.0 Å². The van der Waals surface area contributed by atoms with Crippen LogP contribution in [-0.2, 0) is 5.88 Å². The minimum Gasteiger partial charge on any atom is -0.493 e. The van der Waals surface area contributed by atoms with Crippen LogP contribution in [0.5, 0.6) is 11.5 Å². The standard InChI is InChI=1S/C25H23ClO2/c1-3-27-22-13-10-18-7-5-6-8-20(18)24(22)25-21-12-9-17(16-26)15-19(21)11-14-23(25)28-4-2/h5-15H,3-4,16H2,1-2H3. The van der Waals surface area contributed by atoms with Crippen LogP contribution in [-0.4, -0.2) is 13.2 Å². The summed E-state index contributed by atoms with van der Waals surface area (Å²) in [5.41, 5.74) is 3.25. The van der Waals surface area contributed by atoms with Crippen LogP contribution in [0.15, 0.2) is 66.7 Å². The fourth-order valence-electron chi connectivity index (χ4n) is 3.76. The van der Waals surface area contributed by atoms with Gasteiger partial charge in [0.25, 0.3) is 0 Å². The highest BCUT2D eigenvalue weighted by Crippen LogP contribution is 2.45. The van der Waals surface area contributed by atoms with E-state index in [4.69, 9.17) is 21.1 Å². The van der Waals surface area contributed by atoms with Gasteiger partial charge in [0.15, 0.2) is 0 Å². The molecule has 0 aliphatic rings. The second kappa shape index (κ2) is 8.12. The van der Waals surface area contributed by atoms with E-state index in [1.165, 1.54) is 5.39 Å². The molecule has 0 aromatic heterocycles. The van der Waals surface area contributed by atoms with Crippen molar-refractivity contribution in [3.05, 3.63) is 72.3 Å². The number of halogens is 1. The van der Waals surface area contributed by atoms with Crippen LogP contribution in [0.2, 0.25) is 0 Å². The molecule has 3 heteroatoms. The van der Waals surface area contributed by atoms with Gasteiger partial charge in [-0.25, -0.2) is 0 Å². The third-order valence-electron chi connectivity index (χ3n) is 4.94. The van der Waals surface area contributed by atoms with Gasteiger partial charge in [0.05, 0.1) is 13.2 Å². The van der Waals surface area contributed by atoms with Gasteiger partial charge < -0.3 is 9.47 Å². The van der Waals surface area contributed by atoms with Crippen molar-refractivity contribution in [2.45, 2.75) is 19.7 Å². The van der Waals surface area contributed by atoms with Gasteiger partial charge in [-0.05, 0) is 59.2 Å². The van der Waals surface area contributed by atoms with E-state index in [1.807, 2.05) is 13.8 Å². The lowest BCUT2D eigenvalue weighted by Crippen LogP contribution is -1.99. The Morgan fingerprint density at radius 2 is 1.29 bits per heavy atom. The van der Waals surface area contributed by atoms with E-state index < -0.39 is 0 Å². The molecule has 0 saturated heterocycles. The van der Waals surface area contributed by atoms with E-state index >= 15 is 0 Å². The Labute approximate surface area is 170 Å². The van der Waals surface area contributed by atoms with Crippen LogP contribution in [0.4, 0.5) is 0 Å². The Morgan fingerprint density at radius 3 is 1.93 bits per heavy atom. The molecule has 0 N–H and O–H groups in total. The Bertz CT molecular complexity index is 1130. The molecule has 0 heterocycles. The smallest absolute Gasteiger partial charge is 0.127 e.